The van der Waals surface area contributed by atoms with Crippen molar-refractivity contribution in [2.45, 2.75) is 26.6 Å². The highest BCUT2D eigenvalue weighted by Gasteiger charge is 2.10. The van der Waals surface area contributed by atoms with Gasteiger partial charge in [-0.3, -0.25) is 4.79 Å². The van der Waals surface area contributed by atoms with Crippen LogP contribution in [0.4, 0.5) is 0 Å². The summed E-state index contributed by atoms with van der Waals surface area (Å²) in [6, 6.07) is 6.66. The normalized spacial score (nSPS) is 10.7. The van der Waals surface area contributed by atoms with Crippen LogP contribution in [0.3, 0.4) is 0 Å². The minimum atomic E-state index is -0.215. The first-order valence-electron chi connectivity index (χ1n) is 6.38. The van der Waals surface area contributed by atoms with E-state index in [1.807, 2.05) is 13.8 Å². The van der Waals surface area contributed by atoms with Gasteiger partial charge in [0.2, 0.25) is 0 Å². The van der Waals surface area contributed by atoms with Gasteiger partial charge in [0.25, 0.3) is 5.91 Å². The largest absolute Gasteiger partial charge is 0.470 e. The van der Waals surface area contributed by atoms with Crippen molar-refractivity contribution in [3.8, 4) is 5.75 Å². The molecule has 0 aliphatic carbocycles. The maximum atomic E-state index is 11.8. The zero-order chi connectivity index (χ0) is 15.4. The van der Waals surface area contributed by atoms with Gasteiger partial charge in [0.1, 0.15) is 11.4 Å². The quantitative estimate of drug-likeness (QED) is 0.916. The van der Waals surface area contributed by atoms with Crippen LogP contribution >= 0.6 is 23.2 Å². The van der Waals surface area contributed by atoms with Gasteiger partial charge >= 0.3 is 0 Å². The molecule has 112 valence electrons. The van der Waals surface area contributed by atoms with Gasteiger partial charge in [0, 0.05) is 17.3 Å². The maximum Gasteiger partial charge on any atom is 0.271 e. The van der Waals surface area contributed by atoms with Crippen molar-refractivity contribution >= 4 is 29.1 Å². The van der Waals surface area contributed by atoms with Crippen molar-refractivity contribution in [3.05, 3.63) is 46.2 Å². The van der Waals surface area contributed by atoms with Gasteiger partial charge in [-0.2, -0.15) is 5.10 Å². The predicted octanol–water partition coefficient (Wildman–Crippen LogP) is 3.36. The van der Waals surface area contributed by atoms with E-state index in [1.165, 1.54) is 4.68 Å². The number of aromatic nitrogens is 2. The summed E-state index contributed by atoms with van der Waals surface area (Å²) in [7, 11) is 0. The molecule has 2 aromatic rings. The Bertz CT molecular complexity index is 641. The summed E-state index contributed by atoms with van der Waals surface area (Å²) in [4.78, 5) is 11.8. The topological polar surface area (TPSA) is 56.2 Å². The Kier molecular flexibility index (Phi) is 5.09. The predicted molar refractivity (Wildman–Crippen MR) is 81.9 cm³/mol. The first kappa shape index (κ1) is 15.7. The van der Waals surface area contributed by atoms with E-state index in [2.05, 4.69) is 10.4 Å². The van der Waals surface area contributed by atoms with E-state index in [-0.39, 0.29) is 18.7 Å². The number of carbonyl (C=O) groups is 1. The molecular weight excluding hydrogens is 313 g/mol. The Hall–Kier alpha value is -1.72. The molecule has 21 heavy (non-hydrogen) atoms. The highest BCUT2D eigenvalue weighted by atomic mass is 35.5. The Morgan fingerprint density at radius 1 is 1.38 bits per heavy atom. The summed E-state index contributed by atoms with van der Waals surface area (Å²) in [6.45, 7) is 3.93. The average molecular weight is 328 g/mol. The van der Waals surface area contributed by atoms with Crippen LogP contribution in [0.25, 0.3) is 0 Å². The smallest absolute Gasteiger partial charge is 0.271 e. The SMILES string of the molecule is CC(C)NC(=O)c1ccn(COc2ccc(Cl)cc2Cl)n1. The fourth-order valence-corrected chi connectivity index (χ4v) is 2.08. The van der Waals surface area contributed by atoms with Gasteiger partial charge in [-0.1, -0.05) is 23.2 Å². The van der Waals surface area contributed by atoms with Crippen LogP contribution in [0.15, 0.2) is 30.5 Å². The molecule has 0 saturated heterocycles. The zero-order valence-electron chi connectivity index (χ0n) is 11.6. The molecule has 0 radical (unpaired) electrons. The van der Waals surface area contributed by atoms with Gasteiger partial charge < -0.3 is 10.1 Å². The molecule has 0 spiro atoms. The number of nitrogens with one attached hydrogen (secondary N) is 1. The number of carbonyl (C=O) groups excluding carboxylic acids is 1. The molecular formula is C14H15Cl2N3O2. The lowest BCUT2D eigenvalue weighted by Crippen LogP contribution is -2.30. The van der Waals surface area contributed by atoms with Crippen LogP contribution in [0.2, 0.25) is 10.0 Å². The standard InChI is InChI=1S/C14H15Cl2N3O2/c1-9(2)17-14(20)12-5-6-19(18-12)8-21-13-4-3-10(15)7-11(13)16/h3-7,9H,8H2,1-2H3,(H,17,20). The number of amides is 1. The van der Waals surface area contributed by atoms with Gasteiger partial charge in [-0.15, -0.1) is 0 Å². The third kappa shape index (κ3) is 4.37. The third-order valence-electron chi connectivity index (χ3n) is 2.54. The van der Waals surface area contributed by atoms with E-state index in [9.17, 15) is 4.79 Å². The number of hydrogen-bond acceptors (Lipinski definition) is 3. The van der Waals surface area contributed by atoms with Crippen LogP contribution in [0.1, 0.15) is 24.3 Å². The Labute approximate surface area is 132 Å². The molecule has 0 bridgehead atoms. The number of benzene rings is 1. The van der Waals surface area contributed by atoms with Crippen molar-refractivity contribution in [3.63, 3.8) is 0 Å². The Morgan fingerprint density at radius 2 is 2.14 bits per heavy atom. The lowest BCUT2D eigenvalue weighted by Gasteiger charge is -2.08. The summed E-state index contributed by atoms with van der Waals surface area (Å²) < 4.78 is 7.04. The lowest BCUT2D eigenvalue weighted by atomic mass is 10.3. The minimum absolute atomic E-state index is 0.0618. The van der Waals surface area contributed by atoms with Gasteiger partial charge in [0.15, 0.2) is 6.73 Å². The minimum Gasteiger partial charge on any atom is -0.470 e. The van der Waals surface area contributed by atoms with E-state index in [0.29, 0.717) is 21.5 Å². The highest BCUT2D eigenvalue weighted by Crippen LogP contribution is 2.27. The fourth-order valence-electron chi connectivity index (χ4n) is 1.62. The second-order valence-corrected chi connectivity index (χ2v) is 5.56. The van der Waals surface area contributed by atoms with E-state index >= 15 is 0 Å². The highest BCUT2D eigenvalue weighted by molar-refractivity contribution is 6.35. The van der Waals surface area contributed by atoms with Crippen molar-refractivity contribution in [1.29, 1.82) is 0 Å². The van der Waals surface area contributed by atoms with Crippen molar-refractivity contribution in [2.24, 2.45) is 0 Å². The first-order valence-corrected chi connectivity index (χ1v) is 7.13. The van der Waals surface area contributed by atoms with Gasteiger partial charge in [-0.25, -0.2) is 4.68 Å². The maximum absolute atomic E-state index is 11.8. The molecule has 0 unspecified atom stereocenters. The van der Waals surface area contributed by atoms with E-state index in [0.717, 1.165) is 0 Å². The molecule has 1 aromatic heterocycles. The number of ether oxygens (including phenoxy) is 1. The number of hydrogen-bond donors (Lipinski definition) is 1. The summed E-state index contributed by atoms with van der Waals surface area (Å²) in [5, 5.41) is 7.87. The Morgan fingerprint density at radius 3 is 2.81 bits per heavy atom. The molecule has 5 nitrogen and oxygen atoms in total. The summed E-state index contributed by atoms with van der Waals surface area (Å²) in [5.41, 5.74) is 0.342. The van der Waals surface area contributed by atoms with Gasteiger partial charge in [-0.05, 0) is 38.1 Å². The molecule has 1 aromatic carbocycles. The third-order valence-corrected chi connectivity index (χ3v) is 3.07. The van der Waals surface area contributed by atoms with Crippen molar-refractivity contribution in [1.82, 2.24) is 15.1 Å². The molecule has 0 aliphatic heterocycles. The second-order valence-electron chi connectivity index (χ2n) is 4.72. The van der Waals surface area contributed by atoms with Crippen LogP contribution in [0.5, 0.6) is 5.75 Å². The first-order chi connectivity index (χ1) is 9.95. The summed E-state index contributed by atoms with van der Waals surface area (Å²) in [6.07, 6.45) is 1.67. The molecule has 0 atom stereocenters. The lowest BCUT2D eigenvalue weighted by molar-refractivity contribution is 0.0936. The van der Waals surface area contributed by atoms with Crippen LogP contribution < -0.4 is 10.1 Å². The number of rotatable bonds is 5. The van der Waals surface area contributed by atoms with Crippen LogP contribution in [0, 0.1) is 0 Å². The molecule has 0 fully saturated rings. The molecule has 2 rings (SSSR count). The summed E-state index contributed by atoms with van der Waals surface area (Å²) >= 11 is 11.8. The summed E-state index contributed by atoms with van der Waals surface area (Å²) in [5.74, 6) is 0.290. The molecule has 0 saturated carbocycles. The van der Waals surface area contributed by atoms with E-state index in [1.54, 1.807) is 30.5 Å². The van der Waals surface area contributed by atoms with E-state index in [4.69, 9.17) is 27.9 Å². The zero-order valence-corrected chi connectivity index (χ0v) is 13.1. The number of halogens is 2. The van der Waals surface area contributed by atoms with Crippen LogP contribution in [-0.4, -0.2) is 21.7 Å². The Balaban J connectivity index is 1.98. The molecule has 1 amide bonds. The molecule has 0 aliphatic rings. The fraction of sp³-hybridized carbons (Fsp3) is 0.286. The molecule has 1 heterocycles. The van der Waals surface area contributed by atoms with E-state index < -0.39 is 0 Å². The van der Waals surface area contributed by atoms with Crippen molar-refractivity contribution < 1.29 is 9.53 Å². The molecule has 7 heteroatoms. The van der Waals surface area contributed by atoms with Crippen molar-refractivity contribution in [2.75, 3.05) is 0 Å². The monoisotopic (exact) mass is 327 g/mol. The van der Waals surface area contributed by atoms with Gasteiger partial charge in [0.05, 0.1) is 5.02 Å². The molecule has 1 N–H and O–H groups in total. The second kappa shape index (κ2) is 6.83. The average Bonchev–Trinajstić information content (AvgIpc) is 2.86. The number of nitrogens with zero attached hydrogens (tertiary/aromatic N) is 2. The van der Waals surface area contributed by atoms with Crippen LogP contribution in [-0.2, 0) is 6.73 Å².